The Bertz CT molecular complexity index is 630. The molecular formula is C19H30IN5O. The van der Waals surface area contributed by atoms with Crippen molar-refractivity contribution in [3.63, 3.8) is 0 Å². The van der Waals surface area contributed by atoms with Gasteiger partial charge in [-0.3, -0.25) is 0 Å². The number of aliphatic imine (C=N–C) groups is 1. The Hall–Kier alpha value is -1.61. The van der Waals surface area contributed by atoms with Gasteiger partial charge in [0.1, 0.15) is 12.4 Å². The van der Waals surface area contributed by atoms with Crippen LogP contribution in [0, 0.1) is 0 Å². The number of ether oxygens (including phenoxy) is 1. The van der Waals surface area contributed by atoms with Crippen LogP contribution < -0.4 is 10.6 Å². The van der Waals surface area contributed by atoms with E-state index in [4.69, 9.17) is 4.74 Å². The molecule has 1 heterocycles. The highest BCUT2D eigenvalue weighted by molar-refractivity contribution is 14.0. The summed E-state index contributed by atoms with van der Waals surface area (Å²) >= 11 is 0. The SMILES string of the molecule is CCNC(=NCc1nccn1Cc1ccccc1)NCCCOCC.I. The maximum absolute atomic E-state index is 5.35. The fourth-order valence-electron chi connectivity index (χ4n) is 2.43. The van der Waals surface area contributed by atoms with Crippen molar-refractivity contribution < 1.29 is 4.74 Å². The summed E-state index contributed by atoms with van der Waals surface area (Å²) in [6.45, 7) is 8.62. The minimum Gasteiger partial charge on any atom is -0.382 e. The number of nitrogens with zero attached hydrogens (tertiary/aromatic N) is 3. The molecular weight excluding hydrogens is 441 g/mol. The molecule has 2 aromatic rings. The number of rotatable bonds is 10. The molecule has 0 radical (unpaired) electrons. The molecule has 0 amide bonds. The van der Waals surface area contributed by atoms with Crippen molar-refractivity contribution in [1.82, 2.24) is 20.2 Å². The molecule has 144 valence electrons. The molecule has 0 bridgehead atoms. The third kappa shape index (κ3) is 8.18. The van der Waals surface area contributed by atoms with E-state index < -0.39 is 0 Å². The Morgan fingerprint density at radius 1 is 1.19 bits per heavy atom. The molecule has 2 rings (SSSR count). The summed E-state index contributed by atoms with van der Waals surface area (Å²) in [6, 6.07) is 10.4. The van der Waals surface area contributed by atoms with Crippen LogP contribution in [0.25, 0.3) is 0 Å². The van der Waals surface area contributed by atoms with E-state index in [1.54, 1.807) is 0 Å². The number of benzene rings is 1. The first-order chi connectivity index (χ1) is 12.3. The molecule has 0 aliphatic heterocycles. The van der Waals surface area contributed by atoms with Crippen LogP contribution in [0.4, 0.5) is 0 Å². The van der Waals surface area contributed by atoms with Gasteiger partial charge in [-0.15, -0.1) is 24.0 Å². The zero-order chi connectivity index (χ0) is 17.7. The lowest BCUT2D eigenvalue weighted by atomic mass is 10.2. The summed E-state index contributed by atoms with van der Waals surface area (Å²) < 4.78 is 7.49. The third-order valence-electron chi connectivity index (χ3n) is 3.68. The van der Waals surface area contributed by atoms with Crippen molar-refractivity contribution in [3.8, 4) is 0 Å². The molecule has 0 unspecified atom stereocenters. The molecule has 0 aliphatic carbocycles. The molecule has 0 spiro atoms. The predicted octanol–water partition coefficient (Wildman–Crippen LogP) is 3.03. The van der Waals surface area contributed by atoms with Gasteiger partial charge in [0.25, 0.3) is 0 Å². The van der Waals surface area contributed by atoms with Gasteiger partial charge in [-0.05, 0) is 25.8 Å². The van der Waals surface area contributed by atoms with Crippen molar-refractivity contribution in [1.29, 1.82) is 0 Å². The summed E-state index contributed by atoms with van der Waals surface area (Å²) in [5, 5.41) is 6.60. The highest BCUT2D eigenvalue weighted by atomic mass is 127. The van der Waals surface area contributed by atoms with Crippen molar-refractivity contribution in [2.75, 3.05) is 26.3 Å². The van der Waals surface area contributed by atoms with Gasteiger partial charge in [-0.1, -0.05) is 30.3 Å². The number of imidazole rings is 1. The number of nitrogens with one attached hydrogen (secondary N) is 2. The molecule has 6 nitrogen and oxygen atoms in total. The number of halogens is 1. The van der Waals surface area contributed by atoms with Crippen LogP contribution in [0.1, 0.15) is 31.7 Å². The molecule has 26 heavy (non-hydrogen) atoms. The lowest BCUT2D eigenvalue weighted by Gasteiger charge is -2.12. The summed E-state index contributed by atoms with van der Waals surface area (Å²) in [7, 11) is 0. The lowest BCUT2D eigenvalue weighted by molar-refractivity contribution is 0.145. The van der Waals surface area contributed by atoms with Crippen LogP contribution in [-0.4, -0.2) is 41.8 Å². The van der Waals surface area contributed by atoms with Gasteiger partial charge in [-0.25, -0.2) is 9.98 Å². The Kier molecular flexibility index (Phi) is 11.7. The van der Waals surface area contributed by atoms with Crippen LogP contribution in [0.5, 0.6) is 0 Å². The summed E-state index contributed by atoms with van der Waals surface area (Å²) in [5.74, 6) is 1.77. The zero-order valence-electron chi connectivity index (χ0n) is 15.6. The van der Waals surface area contributed by atoms with Crippen LogP contribution >= 0.6 is 24.0 Å². The van der Waals surface area contributed by atoms with E-state index in [1.807, 2.05) is 25.4 Å². The molecule has 0 aliphatic rings. The number of aromatic nitrogens is 2. The van der Waals surface area contributed by atoms with Gasteiger partial charge in [-0.2, -0.15) is 0 Å². The van der Waals surface area contributed by atoms with E-state index in [9.17, 15) is 0 Å². The van der Waals surface area contributed by atoms with E-state index in [0.29, 0.717) is 6.54 Å². The summed E-state index contributed by atoms with van der Waals surface area (Å²) in [6.07, 6.45) is 4.79. The van der Waals surface area contributed by atoms with E-state index in [2.05, 4.69) is 56.4 Å². The highest BCUT2D eigenvalue weighted by Gasteiger charge is 2.04. The van der Waals surface area contributed by atoms with Gasteiger partial charge >= 0.3 is 0 Å². The largest absolute Gasteiger partial charge is 0.382 e. The van der Waals surface area contributed by atoms with E-state index in [1.165, 1.54) is 5.56 Å². The Balaban J connectivity index is 0.00000338. The van der Waals surface area contributed by atoms with E-state index in [0.717, 1.165) is 51.1 Å². The molecule has 0 saturated heterocycles. The maximum atomic E-state index is 5.35. The van der Waals surface area contributed by atoms with E-state index in [-0.39, 0.29) is 24.0 Å². The summed E-state index contributed by atoms with van der Waals surface area (Å²) in [5.41, 5.74) is 1.26. The normalized spacial score (nSPS) is 11.1. The first kappa shape index (κ1) is 22.4. The Morgan fingerprint density at radius 2 is 2.00 bits per heavy atom. The average Bonchev–Trinajstić information content (AvgIpc) is 3.07. The molecule has 0 saturated carbocycles. The Labute approximate surface area is 173 Å². The standard InChI is InChI=1S/C19H29N5O.HI/c1-3-20-19(22-11-8-14-25-4-2)23-15-18-21-12-13-24(18)16-17-9-6-5-7-10-17;/h5-7,9-10,12-13H,3-4,8,11,14-16H2,1-2H3,(H2,20,22,23);1H. The number of hydrogen-bond acceptors (Lipinski definition) is 3. The first-order valence-corrected chi connectivity index (χ1v) is 8.97. The molecule has 0 fully saturated rings. The zero-order valence-corrected chi connectivity index (χ0v) is 18.0. The van der Waals surface area contributed by atoms with Crippen molar-refractivity contribution in [2.45, 2.75) is 33.4 Å². The molecule has 0 atom stereocenters. The quantitative estimate of drug-likeness (QED) is 0.242. The van der Waals surface area contributed by atoms with Crippen molar-refractivity contribution in [3.05, 3.63) is 54.1 Å². The van der Waals surface area contributed by atoms with Crippen LogP contribution in [0.15, 0.2) is 47.7 Å². The minimum atomic E-state index is 0. The maximum Gasteiger partial charge on any atom is 0.191 e. The second-order valence-corrected chi connectivity index (χ2v) is 5.63. The molecule has 2 N–H and O–H groups in total. The first-order valence-electron chi connectivity index (χ1n) is 8.97. The second-order valence-electron chi connectivity index (χ2n) is 5.63. The van der Waals surface area contributed by atoms with Gasteiger partial charge in [0.15, 0.2) is 5.96 Å². The highest BCUT2D eigenvalue weighted by Crippen LogP contribution is 2.06. The Morgan fingerprint density at radius 3 is 2.73 bits per heavy atom. The number of guanidine groups is 1. The van der Waals surface area contributed by atoms with Gasteiger partial charge < -0.3 is 19.9 Å². The van der Waals surface area contributed by atoms with Gasteiger partial charge in [0.2, 0.25) is 0 Å². The molecule has 1 aromatic heterocycles. The summed E-state index contributed by atoms with van der Waals surface area (Å²) in [4.78, 5) is 9.09. The van der Waals surface area contributed by atoms with Crippen molar-refractivity contribution in [2.24, 2.45) is 4.99 Å². The average molecular weight is 471 g/mol. The van der Waals surface area contributed by atoms with Crippen LogP contribution in [0.2, 0.25) is 0 Å². The van der Waals surface area contributed by atoms with Crippen molar-refractivity contribution >= 4 is 29.9 Å². The topological polar surface area (TPSA) is 63.5 Å². The minimum absolute atomic E-state index is 0. The second kappa shape index (κ2) is 13.6. The fourth-order valence-corrected chi connectivity index (χ4v) is 2.43. The molecule has 1 aromatic carbocycles. The van der Waals surface area contributed by atoms with Crippen LogP contribution in [0.3, 0.4) is 0 Å². The fraction of sp³-hybridized carbons (Fsp3) is 0.474. The van der Waals surface area contributed by atoms with Crippen LogP contribution in [-0.2, 0) is 17.8 Å². The van der Waals surface area contributed by atoms with E-state index >= 15 is 0 Å². The van der Waals surface area contributed by atoms with Gasteiger partial charge in [0.05, 0.1) is 0 Å². The number of hydrogen-bond donors (Lipinski definition) is 2. The lowest BCUT2D eigenvalue weighted by Crippen LogP contribution is -2.38. The smallest absolute Gasteiger partial charge is 0.191 e. The predicted molar refractivity (Wildman–Crippen MR) is 117 cm³/mol. The van der Waals surface area contributed by atoms with Gasteiger partial charge in [0, 0.05) is 45.2 Å². The monoisotopic (exact) mass is 471 g/mol. The third-order valence-corrected chi connectivity index (χ3v) is 3.68. The molecule has 7 heteroatoms.